The van der Waals surface area contributed by atoms with E-state index in [1.807, 2.05) is 13.8 Å². The highest BCUT2D eigenvalue weighted by Gasteiger charge is 2.58. The third kappa shape index (κ3) is 2.60. The van der Waals surface area contributed by atoms with E-state index >= 15 is 0 Å². The van der Waals surface area contributed by atoms with Crippen LogP contribution < -0.4 is 11.1 Å². The molecule has 4 fully saturated rings. The van der Waals surface area contributed by atoms with Crippen LogP contribution in [-0.2, 0) is 4.79 Å². The normalized spacial score (nSPS) is 41.1. The van der Waals surface area contributed by atoms with E-state index in [1.54, 1.807) is 0 Å². The molecule has 4 bridgehead atoms. The van der Waals surface area contributed by atoms with Gasteiger partial charge in [-0.05, 0) is 55.8 Å². The molecule has 0 aromatic rings. The van der Waals surface area contributed by atoms with E-state index in [1.165, 1.54) is 19.3 Å². The number of amides is 1. The summed E-state index contributed by atoms with van der Waals surface area (Å²) in [6.45, 7) is 6.94. The lowest BCUT2D eigenvalue weighted by Gasteiger charge is -2.60. The Morgan fingerprint density at radius 1 is 1.29 bits per heavy atom. The Hall–Kier alpha value is -0.640. The molecular weight excluding hydrogens is 280 g/mol. The van der Waals surface area contributed by atoms with Gasteiger partial charge >= 0.3 is 0 Å². The van der Waals surface area contributed by atoms with Gasteiger partial charge in [-0.3, -0.25) is 4.79 Å². The second kappa shape index (κ2) is 4.68. The summed E-state index contributed by atoms with van der Waals surface area (Å²) >= 11 is 5.10. The minimum atomic E-state index is -0.308. The van der Waals surface area contributed by atoms with Crippen LogP contribution in [-0.4, -0.2) is 17.4 Å². The first kappa shape index (κ1) is 15.3. The smallest absolute Gasteiger partial charge is 0.226 e. The maximum atomic E-state index is 12.9. The predicted molar refractivity (Wildman–Crippen MR) is 88.8 cm³/mol. The number of carbonyl (C=O) groups is 1. The summed E-state index contributed by atoms with van der Waals surface area (Å²) in [7, 11) is 0. The number of thiocarbonyl (C=S) groups is 1. The van der Waals surface area contributed by atoms with Crippen LogP contribution in [0.2, 0.25) is 0 Å². The molecule has 3 N–H and O–H groups in total. The maximum absolute atomic E-state index is 12.9. The zero-order valence-electron chi connectivity index (χ0n) is 13.5. The number of nitrogens with one attached hydrogen (secondary N) is 1. The fourth-order valence-corrected chi connectivity index (χ4v) is 5.63. The van der Waals surface area contributed by atoms with E-state index in [-0.39, 0.29) is 16.7 Å². The number of hydrogen-bond donors (Lipinski definition) is 2. The first-order valence-electron chi connectivity index (χ1n) is 8.22. The lowest BCUT2D eigenvalue weighted by atomic mass is 9.44. The second-order valence-corrected chi connectivity index (χ2v) is 9.42. The first-order chi connectivity index (χ1) is 9.64. The molecule has 2 atom stereocenters. The quantitative estimate of drug-likeness (QED) is 0.785. The first-order valence-corrected chi connectivity index (χ1v) is 8.63. The van der Waals surface area contributed by atoms with E-state index in [2.05, 4.69) is 12.2 Å². The van der Waals surface area contributed by atoms with Crippen molar-refractivity contribution in [2.45, 2.75) is 59.3 Å². The fraction of sp³-hybridized carbons (Fsp3) is 0.882. The molecule has 1 amide bonds. The van der Waals surface area contributed by atoms with E-state index in [9.17, 15) is 4.79 Å². The van der Waals surface area contributed by atoms with Crippen molar-refractivity contribution in [2.75, 3.05) is 6.54 Å². The summed E-state index contributed by atoms with van der Waals surface area (Å²) in [5.41, 5.74) is 5.75. The summed E-state index contributed by atoms with van der Waals surface area (Å²) in [6, 6.07) is 0. The average Bonchev–Trinajstić information content (AvgIpc) is 2.32. The lowest BCUT2D eigenvalue weighted by molar-refractivity contribution is -0.155. The Balaban J connectivity index is 1.71. The van der Waals surface area contributed by atoms with E-state index in [0.29, 0.717) is 16.9 Å². The fourth-order valence-electron chi connectivity index (χ4n) is 5.56. The third-order valence-corrected chi connectivity index (χ3v) is 6.75. The molecule has 4 rings (SSSR count). The summed E-state index contributed by atoms with van der Waals surface area (Å²) in [6.07, 6.45) is 7.28. The van der Waals surface area contributed by atoms with Crippen molar-refractivity contribution in [3.63, 3.8) is 0 Å². The molecule has 4 aliphatic rings. The van der Waals surface area contributed by atoms with Crippen LogP contribution in [0.1, 0.15) is 59.3 Å². The molecule has 118 valence electrons. The largest absolute Gasteiger partial charge is 0.393 e. The number of hydrogen-bond acceptors (Lipinski definition) is 2. The minimum Gasteiger partial charge on any atom is -0.393 e. The van der Waals surface area contributed by atoms with Gasteiger partial charge in [-0.1, -0.05) is 33.0 Å². The van der Waals surface area contributed by atoms with Crippen molar-refractivity contribution in [2.24, 2.45) is 33.8 Å². The van der Waals surface area contributed by atoms with Crippen LogP contribution in [0.4, 0.5) is 0 Å². The van der Waals surface area contributed by atoms with Crippen LogP contribution in [0.15, 0.2) is 0 Å². The number of carbonyl (C=O) groups excluding carboxylic acids is 1. The molecule has 0 heterocycles. The molecule has 3 nitrogen and oxygen atoms in total. The van der Waals surface area contributed by atoms with Crippen LogP contribution in [0, 0.1) is 28.1 Å². The van der Waals surface area contributed by atoms with Crippen molar-refractivity contribution < 1.29 is 4.79 Å². The molecule has 0 aromatic heterocycles. The molecule has 0 saturated heterocycles. The number of nitrogens with two attached hydrogens (primary N) is 1. The average molecular weight is 308 g/mol. The Bertz CT molecular complexity index is 471. The highest BCUT2D eigenvalue weighted by Crippen LogP contribution is 2.65. The standard InChI is InChI=1S/C17H28N2OS/c1-15(2,13(18)21)10-19-14(20)17-7-11-4-12(8-17)6-16(3,5-11)9-17/h11-12H,4-10H2,1-3H3,(H2,18,21)(H,19,20). The molecule has 21 heavy (non-hydrogen) atoms. The highest BCUT2D eigenvalue weighted by molar-refractivity contribution is 7.80. The zero-order chi connectivity index (χ0) is 15.5. The topological polar surface area (TPSA) is 55.1 Å². The molecule has 0 aliphatic heterocycles. The molecule has 0 radical (unpaired) electrons. The Morgan fingerprint density at radius 3 is 2.33 bits per heavy atom. The van der Waals surface area contributed by atoms with Crippen molar-refractivity contribution in [1.82, 2.24) is 5.32 Å². The summed E-state index contributed by atoms with van der Waals surface area (Å²) < 4.78 is 0. The van der Waals surface area contributed by atoms with Gasteiger partial charge in [0.25, 0.3) is 0 Å². The van der Waals surface area contributed by atoms with Gasteiger partial charge in [0.05, 0.1) is 10.4 Å². The van der Waals surface area contributed by atoms with E-state index < -0.39 is 0 Å². The van der Waals surface area contributed by atoms with E-state index in [4.69, 9.17) is 18.0 Å². The lowest BCUT2D eigenvalue weighted by Crippen LogP contribution is -2.57. The van der Waals surface area contributed by atoms with Gasteiger partial charge in [0.2, 0.25) is 5.91 Å². The number of rotatable bonds is 4. The van der Waals surface area contributed by atoms with Crippen molar-refractivity contribution in [3.8, 4) is 0 Å². The van der Waals surface area contributed by atoms with Gasteiger partial charge in [-0.25, -0.2) is 0 Å². The van der Waals surface area contributed by atoms with Crippen molar-refractivity contribution >= 4 is 23.1 Å². The van der Waals surface area contributed by atoms with Gasteiger partial charge < -0.3 is 11.1 Å². The van der Waals surface area contributed by atoms with Gasteiger partial charge in [-0.15, -0.1) is 0 Å². The van der Waals surface area contributed by atoms with Crippen LogP contribution in [0.3, 0.4) is 0 Å². The van der Waals surface area contributed by atoms with Gasteiger partial charge in [0.1, 0.15) is 0 Å². The van der Waals surface area contributed by atoms with Gasteiger partial charge in [0, 0.05) is 12.0 Å². The summed E-state index contributed by atoms with van der Waals surface area (Å²) in [4.78, 5) is 13.4. The van der Waals surface area contributed by atoms with Gasteiger partial charge in [0.15, 0.2) is 0 Å². The zero-order valence-corrected chi connectivity index (χ0v) is 14.3. The van der Waals surface area contributed by atoms with Crippen LogP contribution >= 0.6 is 12.2 Å². The highest BCUT2D eigenvalue weighted by atomic mass is 32.1. The molecule has 4 saturated carbocycles. The monoisotopic (exact) mass is 308 g/mol. The Morgan fingerprint density at radius 2 is 1.86 bits per heavy atom. The predicted octanol–water partition coefficient (Wildman–Crippen LogP) is 3.02. The third-order valence-electron chi connectivity index (χ3n) is 6.19. The molecule has 4 aliphatic carbocycles. The Kier molecular flexibility index (Phi) is 3.40. The molecule has 4 heteroatoms. The molecule has 0 aromatic carbocycles. The summed E-state index contributed by atoms with van der Waals surface area (Å²) in [5, 5.41) is 3.17. The van der Waals surface area contributed by atoms with Crippen LogP contribution in [0.5, 0.6) is 0 Å². The molecule has 2 unspecified atom stereocenters. The van der Waals surface area contributed by atoms with Gasteiger partial charge in [-0.2, -0.15) is 0 Å². The molecular formula is C17H28N2OS. The van der Waals surface area contributed by atoms with Crippen molar-refractivity contribution in [3.05, 3.63) is 0 Å². The van der Waals surface area contributed by atoms with E-state index in [0.717, 1.165) is 31.1 Å². The second-order valence-electron chi connectivity index (χ2n) is 8.98. The SMILES string of the molecule is CC12CC3CC(C1)CC(C(=O)NCC(C)(C)C(N)=S)(C3)C2. The van der Waals surface area contributed by atoms with Crippen LogP contribution in [0.25, 0.3) is 0 Å². The summed E-state index contributed by atoms with van der Waals surface area (Å²) in [5.74, 6) is 1.79. The maximum Gasteiger partial charge on any atom is 0.226 e. The molecule has 0 spiro atoms. The van der Waals surface area contributed by atoms with Crippen molar-refractivity contribution in [1.29, 1.82) is 0 Å². The Labute approximate surface area is 133 Å². The minimum absolute atomic E-state index is 0.106.